The summed E-state index contributed by atoms with van der Waals surface area (Å²) in [6.45, 7) is 4.10. The van der Waals surface area contributed by atoms with Gasteiger partial charge >= 0.3 is 0 Å². The maximum Gasteiger partial charge on any atom is 0.173 e. The highest BCUT2D eigenvalue weighted by Crippen LogP contribution is 2.27. The molecule has 1 aromatic carbocycles. The van der Waals surface area contributed by atoms with E-state index in [-0.39, 0.29) is 0 Å². The third-order valence-electron chi connectivity index (χ3n) is 6.24. The summed E-state index contributed by atoms with van der Waals surface area (Å²) < 4.78 is 0. The van der Waals surface area contributed by atoms with Crippen molar-refractivity contribution in [1.29, 1.82) is 0 Å². The molecular formula is C21H32ClN3S. The summed E-state index contributed by atoms with van der Waals surface area (Å²) in [5.74, 6) is 0. The van der Waals surface area contributed by atoms with Crippen molar-refractivity contribution in [2.75, 3.05) is 25.5 Å². The number of nitrogens with zero attached hydrogens (tertiary/aromatic N) is 2. The Hall–Kier alpha value is -0.840. The molecule has 0 atom stereocenters. The first-order valence-electron chi connectivity index (χ1n) is 10.1. The van der Waals surface area contributed by atoms with E-state index >= 15 is 0 Å². The molecule has 2 aliphatic rings. The Labute approximate surface area is 169 Å². The molecule has 5 heteroatoms. The van der Waals surface area contributed by atoms with Crippen LogP contribution in [0.1, 0.15) is 56.9 Å². The van der Waals surface area contributed by atoms with Crippen LogP contribution in [0, 0.1) is 6.92 Å². The normalized spacial score (nSPS) is 20.2. The lowest BCUT2D eigenvalue weighted by atomic mass is 9.99. The van der Waals surface area contributed by atoms with Gasteiger partial charge in [0.2, 0.25) is 0 Å². The topological polar surface area (TPSA) is 18.5 Å². The summed E-state index contributed by atoms with van der Waals surface area (Å²) in [6, 6.07) is 7.41. The quantitative estimate of drug-likeness (QED) is 0.542. The van der Waals surface area contributed by atoms with E-state index in [1.165, 1.54) is 51.4 Å². The fourth-order valence-electron chi connectivity index (χ4n) is 4.38. The third-order valence-corrected chi connectivity index (χ3v) is 7.01. The summed E-state index contributed by atoms with van der Waals surface area (Å²) in [6.07, 6.45) is 10.8. The maximum absolute atomic E-state index is 6.22. The van der Waals surface area contributed by atoms with Crippen molar-refractivity contribution in [2.24, 2.45) is 0 Å². The molecule has 0 bridgehead atoms. The van der Waals surface area contributed by atoms with Crippen molar-refractivity contribution in [3.63, 3.8) is 0 Å². The van der Waals surface area contributed by atoms with Crippen LogP contribution in [0.3, 0.4) is 0 Å². The van der Waals surface area contributed by atoms with E-state index < -0.39 is 0 Å². The molecule has 144 valence electrons. The van der Waals surface area contributed by atoms with Gasteiger partial charge in [0.15, 0.2) is 5.11 Å². The number of anilines is 1. The molecule has 26 heavy (non-hydrogen) atoms. The SMILES string of the molecule is Cc1c(Cl)cccc1NC(=S)N1CCC(N(C)C2CCCCCC2)CC1. The van der Waals surface area contributed by atoms with Crippen LogP contribution < -0.4 is 5.32 Å². The molecule has 1 N–H and O–H groups in total. The average molecular weight is 394 g/mol. The number of piperidine rings is 1. The van der Waals surface area contributed by atoms with Crippen molar-refractivity contribution in [3.8, 4) is 0 Å². The van der Waals surface area contributed by atoms with Crippen LogP contribution in [0.15, 0.2) is 18.2 Å². The second kappa shape index (κ2) is 9.38. The molecule has 0 amide bonds. The lowest BCUT2D eigenvalue weighted by Crippen LogP contribution is -2.49. The van der Waals surface area contributed by atoms with E-state index in [1.54, 1.807) is 0 Å². The second-order valence-electron chi connectivity index (χ2n) is 7.87. The van der Waals surface area contributed by atoms with Gasteiger partial charge in [-0.15, -0.1) is 0 Å². The first-order valence-corrected chi connectivity index (χ1v) is 10.9. The molecule has 0 radical (unpaired) electrons. The molecule has 1 heterocycles. The first-order chi connectivity index (χ1) is 12.6. The highest BCUT2D eigenvalue weighted by molar-refractivity contribution is 7.80. The van der Waals surface area contributed by atoms with Crippen molar-refractivity contribution in [3.05, 3.63) is 28.8 Å². The summed E-state index contributed by atoms with van der Waals surface area (Å²) in [4.78, 5) is 4.99. The van der Waals surface area contributed by atoms with Gasteiger partial charge in [-0.3, -0.25) is 0 Å². The number of hydrogen-bond acceptors (Lipinski definition) is 2. The van der Waals surface area contributed by atoms with Crippen LogP contribution in [0.5, 0.6) is 0 Å². The maximum atomic E-state index is 6.22. The molecule has 1 aliphatic heterocycles. The summed E-state index contributed by atoms with van der Waals surface area (Å²) in [5, 5.41) is 5.00. The number of thiocarbonyl (C=S) groups is 1. The second-order valence-corrected chi connectivity index (χ2v) is 8.67. The minimum Gasteiger partial charge on any atom is -0.349 e. The van der Waals surface area contributed by atoms with E-state index in [0.29, 0.717) is 6.04 Å². The van der Waals surface area contributed by atoms with E-state index in [2.05, 4.69) is 22.2 Å². The van der Waals surface area contributed by atoms with Crippen molar-refractivity contribution >= 4 is 34.6 Å². The first kappa shape index (κ1) is 19.9. The molecule has 0 aromatic heterocycles. The molecule has 1 saturated heterocycles. The van der Waals surface area contributed by atoms with Crippen LogP contribution in [-0.4, -0.2) is 47.1 Å². The molecular weight excluding hydrogens is 362 g/mol. The monoisotopic (exact) mass is 393 g/mol. The predicted molar refractivity (Wildman–Crippen MR) is 116 cm³/mol. The predicted octanol–water partition coefficient (Wildman–Crippen LogP) is 5.46. The number of benzene rings is 1. The van der Waals surface area contributed by atoms with Crippen molar-refractivity contribution in [2.45, 2.75) is 70.4 Å². The minimum absolute atomic E-state index is 0.699. The molecule has 1 aliphatic carbocycles. The molecule has 0 unspecified atom stereocenters. The third kappa shape index (κ3) is 4.90. The van der Waals surface area contributed by atoms with Gasteiger partial charge in [0.05, 0.1) is 0 Å². The van der Waals surface area contributed by atoms with Crippen LogP contribution in [-0.2, 0) is 0 Å². The van der Waals surface area contributed by atoms with Crippen LogP contribution in [0.25, 0.3) is 0 Å². The van der Waals surface area contributed by atoms with Crippen LogP contribution in [0.4, 0.5) is 5.69 Å². The fourth-order valence-corrected chi connectivity index (χ4v) is 4.84. The Morgan fingerprint density at radius 2 is 1.69 bits per heavy atom. The molecule has 3 nitrogen and oxygen atoms in total. The van der Waals surface area contributed by atoms with Crippen molar-refractivity contribution in [1.82, 2.24) is 9.80 Å². The number of rotatable bonds is 3. The van der Waals surface area contributed by atoms with E-state index in [0.717, 1.165) is 40.5 Å². The van der Waals surface area contributed by atoms with Crippen LogP contribution in [0.2, 0.25) is 5.02 Å². The van der Waals surface area contributed by atoms with Crippen LogP contribution >= 0.6 is 23.8 Å². The lowest BCUT2D eigenvalue weighted by molar-refractivity contribution is 0.111. The van der Waals surface area contributed by atoms with Gasteiger partial charge in [-0.2, -0.15) is 0 Å². The molecule has 1 aromatic rings. The zero-order valence-electron chi connectivity index (χ0n) is 16.1. The highest BCUT2D eigenvalue weighted by atomic mass is 35.5. The zero-order valence-corrected chi connectivity index (χ0v) is 17.7. The minimum atomic E-state index is 0.699. The molecule has 0 spiro atoms. The Kier molecular flexibility index (Phi) is 7.19. The Morgan fingerprint density at radius 3 is 2.35 bits per heavy atom. The Bertz CT molecular complexity index is 605. The largest absolute Gasteiger partial charge is 0.349 e. The fraction of sp³-hybridized carbons (Fsp3) is 0.667. The Morgan fingerprint density at radius 1 is 1.08 bits per heavy atom. The number of likely N-dealkylation sites (tertiary alicyclic amines) is 1. The van der Waals surface area contributed by atoms with Gasteiger partial charge in [-0.05, 0) is 69.6 Å². The smallest absolute Gasteiger partial charge is 0.173 e. The molecule has 1 saturated carbocycles. The Balaban J connectivity index is 1.51. The molecule has 3 rings (SSSR count). The average Bonchev–Trinajstić information content (AvgIpc) is 2.94. The number of halogens is 1. The van der Waals surface area contributed by atoms with Gasteiger partial charge in [-0.1, -0.05) is 43.4 Å². The summed E-state index contributed by atoms with van der Waals surface area (Å²) in [5.41, 5.74) is 2.07. The van der Waals surface area contributed by atoms with Gasteiger partial charge in [-0.25, -0.2) is 0 Å². The van der Waals surface area contributed by atoms with Crippen molar-refractivity contribution < 1.29 is 0 Å². The van der Waals surface area contributed by atoms with E-state index in [9.17, 15) is 0 Å². The molecule has 2 fully saturated rings. The summed E-state index contributed by atoms with van der Waals surface area (Å²) in [7, 11) is 2.35. The standard InChI is InChI=1S/C21H32ClN3S/c1-16-19(22)10-7-11-20(16)23-21(26)25-14-12-18(13-15-25)24(2)17-8-5-3-4-6-9-17/h7,10-11,17-18H,3-6,8-9,12-15H2,1-2H3,(H,23,26). The van der Waals surface area contributed by atoms with E-state index in [4.69, 9.17) is 23.8 Å². The van der Waals surface area contributed by atoms with Gasteiger partial charge < -0.3 is 15.1 Å². The lowest BCUT2D eigenvalue weighted by Gasteiger charge is -2.41. The summed E-state index contributed by atoms with van der Waals surface area (Å²) >= 11 is 11.9. The van der Waals surface area contributed by atoms with E-state index in [1.807, 2.05) is 25.1 Å². The number of hydrogen-bond donors (Lipinski definition) is 1. The van der Waals surface area contributed by atoms with Gasteiger partial charge in [0.25, 0.3) is 0 Å². The van der Waals surface area contributed by atoms with Gasteiger partial charge in [0.1, 0.15) is 0 Å². The van der Waals surface area contributed by atoms with Gasteiger partial charge in [0, 0.05) is 35.9 Å². The highest BCUT2D eigenvalue weighted by Gasteiger charge is 2.28. The number of nitrogens with one attached hydrogen (secondary N) is 1. The zero-order chi connectivity index (χ0) is 18.5.